The molecule has 2 rings (SSSR count). The molecule has 0 unspecified atom stereocenters. The predicted molar refractivity (Wildman–Crippen MR) is 94.1 cm³/mol. The molecular weight excluding hydrogens is 359 g/mol. The molecule has 0 saturated carbocycles. The van der Waals surface area contributed by atoms with Crippen molar-refractivity contribution in [3.63, 3.8) is 0 Å². The lowest BCUT2D eigenvalue weighted by Gasteiger charge is -2.10. The summed E-state index contributed by atoms with van der Waals surface area (Å²) in [7, 11) is 0. The molecule has 8 nitrogen and oxygen atoms in total. The standard InChI is InChI=1S/C18H17FN2O6/c1-11-7-14(15(21(24)25)8-12(11)2)20-17(22)9-27-18(23)10-26-16-6-4-3-5-13(16)19/h3-8H,9-10H2,1-2H3,(H,20,22). The summed E-state index contributed by atoms with van der Waals surface area (Å²) in [5.41, 5.74) is 1.20. The van der Waals surface area contributed by atoms with E-state index in [-0.39, 0.29) is 17.1 Å². The number of carbonyl (C=O) groups is 2. The lowest BCUT2D eigenvalue weighted by atomic mass is 10.1. The molecule has 0 spiro atoms. The summed E-state index contributed by atoms with van der Waals surface area (Å²) >= 11 is 0. The van der Waals surface area contributed by atoms with Crippen LogP contribution >= 0.6 is 0 Å². The number of nitro benzene ring substituents is 1. The molecule has 0 heterocycles. The molecule has 0 aliphatic carbocycles. The number of aryl methyl sites for hydroxylation is 2. The summed E-state index contributed by atoms with van der Waals surface area (Å²) in [5.74, 6) is -2.39. The van der Waals surface area contributed by atoms with Crippen molar-refractivity contribution in [2.45, 2.75) is 13.8 Å². The maximum atomic E-state index is 13.4. The van der Waals surface area contributed by atoms with Crippen LogP contribution in [-0.4, -0.2) is 30.0 Å². The number of anilines is 1. The summed E-state index contributed by atoms with van der Waals surface area (Å²) in [5, 5.41) is 13.4. The molecule has 0 radical (unpaired) electrons. The van der Waals surface area contributed by atoms with Crippen LogP contribution in [0.15, 0.2) is 36.4 Å². The normalized spacial score (nSPS) is 10.2. The first-order valence-electron chi connectivity index (χ1n) is 7.86. The van der Waals surface area contributed by atoms with E-state index < -0.39 is 35.8 Å². The fourth-order valence-electron chi connectivity index (χ4n) is 2.12. The van der Waals surface area contributed by atoms with Gasteiger partial charge in [0, 0.05) is 6.07 Å². The minimum Gasteiger partial charge on any atom is -0.479 e. The molecule has 0 saturated heterocycles. The first kappa shape index (κ1) is 19.8. The van der Waals surface area contributed by atoms with E-state index in [2.05, 4.69) is 5.32 Å². The number of nitrogens with zero attached hydrogens (tertiary/aromatic N) is 1. The zero-order valence-corrected chi connectivity index (χ0v) is 14.7. The number of ether oxygens (including phenoxy) is 2. The number of hydrogen-bond acceptors (Lipinski definition) is 6. The fourth-order valence-corrected chi connectivity index (χ4v) is 2.12. The quantitative estimate of drug-likeness (QED) is 0.452. The molecule has 2 aromatic rings. The number of benzene rings is 2. The second kappa shape index (κ2) is 8.75. The van der Waals surface area contributed by atoms with E-state index >= 15 is 0 Å². The smallest absolute Gasteiger partial charge is 0.344 e. The maximum Gasteiger partial charge on any atom is 0.344 e. The first-order valence-corrected chi connectivity index (χ1v) is 7.86. The van der Waals surface area contributed by atoms with Crippen molar-refractivity contribution in [1.29, 1.82) is 0 Å². The summed E-state index contributed by atoms with van der Waals surface area (Å²) in [6.07, 6.45) is 0. The number of carbonyl (C=O) groups excluding carboxylic acids is 2. The average molecular weight is 376 g/mol. The van der Waals surface area contributed by atoms with Crippen molar-refractivity contribution >= 4 is 23.3 Å². The van der Waals surface area contributed by atoms with Crippen molar-refractivity contribution in [3.05, 3.63) is 63.5 Å². The summed E-state index contributed by atoms with van der Waals surface area (Å²) < 4.78 is 23.0. The molecule has 1 N–H and O–H groups in total. The first-order chi connectivity index (χ1) is 12.8. The van der Waals surface area contributed by atoms with Crippen LogP contribution in [0.5, 0.6) is 5.75 Å². The number of halogens is 1. The molecule has 0 bridgehead atoms. The molecule has 0 atom stereocenters. The lowest BCUT2D eigenvalue weighted by Crippen LogP contribution is -2.24. The van der Waals surface area contributed by atoms with Gasteiger partial charge in [0.1, 0.15) is 5.69 Å². The van der Waals surface area contributed by atoms with Gasteiger partial charge in [0.05, 0.1) is 4.92 Å². The van der Waals surface area contributed by atoms with E-state index in [9.17, 15) is 24.1 Å². The summed E-state index contributed by atoms with van der Waals surface area (Å²) in [6, 6.07) is 8.33. The van der Waals surface area contributed by atoms with Gasteiger partial charge >= 0.3 is 5.97 Å². The van der Waals surface area contributed by atoms with Crippen LogP contribution in [-0.2, 0) is 14.3 Å². The molecule has 0 aliphatic rings. The van der Waals surface area contributed by atoms with E-state index in [4.69, 9.17) is 9.47 Å². The number of hydrogen-bond donors (Lipinski definition) is 1. The van der Waals surface area contributed by atoms with Gasteiger partial charge in [-0.25, -0.2) is 9.18 Å². The lowest BCUT2D eigenvalue weighted by molar-refractivity contribution is -0.384. The molecule has 2 aromatic carbocycles. The largest absolute Gasteiger partial charge is 0.479 e. The Morgan fingerprint density at radius 2 is 1.81 bits per heavy atom. The van der Waals surface area contributed by atoms with Crippen LogP contribution in [0.3, 0.4) is 0 Å². The Labute approximate surface area is 154 Å². The highest BCUT2D eigenvalue weighted by Gasteiger charge is 2.18. The van der Waals surface area contributed by atoms with Gasteiger partial charge in [0.2, 0.25) is 0 Å². The maximum absolute atomic E-state index is 13.4. The van der Waals surface area contributed by atoms with E-state index in [1.165, 1.54) is 36.4 Å². The van der Waals surface area contributed by atoms with Crippen molar-refractivity contribution in [1.82, 2.24) is 0 Å². The van der Waals surface area contributed by atoms with E-state index in [1.54, 1.807) is 13.8 Å². The summed E-state index contributed by atoms with van der Waals surface area (Å²) in [4.78, 5) is 34.0. The number of amides is 1. The van der Waals surface area contributed by atoms with Crippen LogP contribution < -0.4 is 10.1 Å². The number of nitrogens with one attached hydrogen (secondary N) is 1. The fraction of sp³-hybridized carbons (Fsp3) is 0.222. The third kappa shape index (κ3) is 5.50. The van der Waals surface area contributed by atoms with Crippen molar-refractivity contribution < 1.29 is 28.4 Å². The predicted octanol–water partition coefficient (Wildman–Crippen LogP) is 2.91. The minimum atomic E-state index is -0.886. The number of nitro groups is 1. The third-order valence-electron chi connectivity index (χ3n) is 3.63. The minimum absolute atomic E-state index is 0.00626. The average Bonchev–Trinajstić information content (AvgIpc) is 2.62. The van der Waals surface area contributed by atoms with Gasteiger partial charge in [-0.2, -0.15) is 0 Å². The topological polar surface area (TPSA) is 108 Å². The Hall–Kier alpha value is -3.49. The third-order valence-corrected chi connectivity index (χ3v) is 3.63. The van der Waals surface area contributed by atoms with Gasteiger partial charge in [-0.3, -0.25) is 14.9 Å². The van der Waals surface area contributed by atoms with Gasteiger partial charge in [-0.05, 0) is 43.2 Å². The Morgan fingerprint density at radius 1 is 1.15 bits per heavy atom. The Balaban J connectivity index is 1.89. The Morgan fingerprint density at radius 3 is 2.48 bits per heavy atom. The van der Waals surface area contributed by atoms with Crippen LogP contribution in [0.2, 0.25) is 0 Å². The SMILES string of the molecule is Cc1cc(NC(=O)COC(=O)COc2ccccc2F)c([N+](=O)[O-])cc1C. The molecule has 27 heavy (non-hydrogen) atoms. The van der Waals surface area contributed by atoms with Gasteiger partial charge in [0.15, 0.2) is 24.8 Å². The zero-order chi connectivity index (χ0) is 20.0. The molecular formula is C18H17FN2O6. The van der Waals surface area contributed by atoms with Gasteiger partial charge in [0.25, 0.3) is 11.6 Å². The van der Waals surface area contributed by atoms with Crippen molar-refractivity contribution in [2.75, 3.05) is 18.5 Å². The highest BCUT2D eigenvalue weighted by molar-refractivity contribution is 5.95. The Kier molecular flexibility index (Phi) is 6.42. The van der Waals surface area contributed by atoms with Crippen molar-refractivity contribution in [3.8, 4) is 5.75 Å². The van der Waals surface area contributed by atoms with E-state index in [0.717, 1.165) is 5.56 Å². The van der Waals surface area contributed by atoms with Crippen molar-refractivity contribution in [2.24, 2.45) is 0 Å². The highest BCUT2D eigenvalue weighted by atomic mass is 19.1. The van der Waals surface area contributed by atoms with E-state index in [0.29, 0.717) is 5.56 Å². The van der Waals surface area contributed by atoms with E-state index in [1.807, 2.05) is 0 Å². The van der Waals surface area contributed by atoms with Crippen LogP contribution in [0.1, 0.15) is 11.1 Å². The number of esters is 1. The second-order valence-electron chi connectivity index (χ2n) is 5.64. The molecule has 9 heteroatoms. The Bertz CT molecular complexity index is 884. The molecule has 0 fully saturated rings. The second-order valence-corrected chi connectivity index (χ2v) is 5.64. The zero-order valence-electron chi connectivity index (χ0n) is 14.7. The molecule has 0 aliphatic heterocycles. The highest BCUT2D eigenvalue weighted by Crippen LogP contribution is 2.27. The summed E-state index contributed by atoms with van der Waals surface area (Å²) in [6.45, 7) is 2.21. The monoisotopic (exact) mass is 376 g/mol. The molecule has 142 valence electrons. The van der Waals surface area contributed by atoms with Crippen LogP contribution in [0.25, 0.3) is 0 Å². The van der Waals surface area contributed by atoms with Crippen LogP contribution in [0.4, 0.5) is 15.8 Å². The number of para-hydroxylation sites is 1. The van der Waals surface area contributed by atoms with Gasteiger partial charge in [-0.15, -0.1) is 0 Å². The number of rotatable bonds is 7. The van der Waals surface area contributed by atoms with Gasteiger partial charge < -0.3 is 14.8 Å². The molecule has 0 aromatic heterocycles. The molecule has 1 amide bonds. The van der Waals surface area contributed by atoms with Crippen LogP contribution in [0, 0.1) is 29.8 Å². The van der Waals surface area contributed by atoms with Gasteiger partial charge in [-0.1, -0.05) is 12.1 Å².